The zero-order valence-electron chi connectivity index (χ0n) is 11.5. The van der Waals surface area contributed by atoms with E-state index in [9.17, 15) is 0 Å². The topological polar surface area (TPSA) is 23.9 Å². The number of benzene rings is 2. The van der Waals surface area contributed by atoms with Crippen LogP contribution in [-0.4, -0.2) is 5.71 Å². The average molecular weight is 237 g/mol. The summed E-state index contributed by atoms with van der Waals surface area (Å²) in [6, 6.07) is 12.5. The Morgan fingerprint density at radius 1 is 0.722 bits per heavy atom. The van der Waals surface area contributed by atoms with Gasteiger partial charge in [0.15, 0.2) is 0 Å². The van der Waals surface area contributed by atoms with Crippen molar-refractivity contribution in [1.29, 1.82) is 5.41 Å². The van der Waals surface area contributed by atoms with Crippen molar-refractivity contribution < 1.29 is 0 Å². The van der Waals surface area contributed by atoms with Crippen molar-refractivity contribution in [2.45, 2.75) is 27.7 Å². The van der Waals surface area contributed by atoms with Gasteiger partial charge >= 0.3 is 0 Å². The van der Waals surface area contributed by atoms with Crippen molar-refractivity contribution in [3.05, 3.63) is 69.8 Å². The van der Waals surface area contributed by atoms with Crippen LogP contribution in [0.4, 0.5) is 0 Å². The summed E-state index contributed by atoms with van der Waals surface area (Å²) in [4.78, 5) is 0. The highest BCUT2D eigenvalue weighted by Gasteiger charge is 2.10. The van der Waals surface area contributed by atoms with Gasteiger partial charge in [-0.1, -0.05) is 47.5 Å². The Bertz CT molecular complexity index is 556. The van der Waals surface area contributed by atoms with E-state index in [-0.39, 0.29) is 0 Å². The highest BCUT2D eigenvalue weighted by Crippen LogP contribution is 2.19. The quantitative estimate of drug-likeness (QED) is 0.751. The van der Waals surface area contributed by atoms with E-state index in [1.54, 1.807) is 0 Å². The molecule has 2 aromatic rings. The lowest BCUT2D eigenvalue weighted by molar-refractivity contribution is 1.32. The fraction of sp³-hybridized carbons (Fsp3) is 0.235. The maximum atomic E-state index is 8.39. The number of rotatable bonds is 2. The molecule has 0 aliphatic carbocycles. The molecule has 1 nitrogen and oxygen atoms in total. The Morgan fingerprint density at radius 2 is 1.11 bits per heavy atom. The fourth-order valence-corrected chi connectivity index (χ4v) is 2.33. The molecule has 1 N–H and O–H groups in total. The van der Waals surface area contributed by atoms with Gasteiger partial charge in [-0.25, -0.2) is 0 Å². The van der Waals surface area contributed by atoms with Crippen LogP contribution in [-0.2, 0) is 0 Å². The van der Waals surface area contributed by atoms with E-state index in [0.717, 1.165) is 11.1 Å². The van der Waals surface area contributed by atoms with Crippen molar-refractivity contribution >= 4 is 5.71 Å². The summed E-state index contributed by atoms with van der Waals surface area (Å²) in [7, 11) is 0. The number of nitrogens with one attached hydrogen (secondary N) is 1. The molecular weight excluding hydrogens is 218 g/mol. The van der Waals surface area contributed by atoms with Crippen molar-refractivity contribution in [3.63, 3.8) is 0 Å². The highest BCUT2D eigenvalue weighted by atomic mass is 14.4. The van der Waals surface area contributed by atoms with Crippen LogP contribution in [0.15, 0.2) is 36.4 Å². The van der Waals surface area contributed by atoms with E-state index in [1.807, 2.05) is 12.1 Å². The van der Waals surface area contributed by atoms with Crippen LogP contribution >= 0.6 is 0 Å². The Hall–Kier alpha value is -1.89. The molecule has 0 saturated heterocycles. The third-order valence-electron chi connectivity index (χ3n) is 3.30. The van der Waals surface area contributed by atoms with Gasteiger partial charge in [-0.05, 0) is 38.8 Å². The SMILES string of the molecule is Cc1ccc(C(=N)c2ccc(C)cc2C)c(C)c1. The molecule has 0 fully saturated rings. The molecule has 0 aromatic heterocycles. The van der Waals surface area contributed by atoms with E-state index >= 15 is 0 Å². The van der Waals surface area contributed by atoms with Gasteiger partial charge in [-0.2, -0.15) is 0 Å². The zero-order valence-corrected chi connectivity index (χ0v) is 11.5. The number of hydrogen-bond acceptors (Lipinski definition) is 1. The molecule has 92 valence electrons. The van der Waals surface area contributed by atoms with E-state index < -0.39 is 0 Å². The normalized spacial score (nSPS) is 10.4. The monoisotopic (exact) mass is 237 g/mol. The first kappa shape index (κ1) is 12.6. The Labute approximate surface area is 109 Å². The van der Waals surface area contributed by atoms with Crippen LogP contribution in [0.1, 0.15) is 33.4 Å². The van der Waals surface area contributed by atoms with E-state index in [4.69, 9.17) is 5.41 Å². The number of aryl methyl sites for hydroxylation is 4. The van der Waals surface area contributed by atoms with Crippen molar-refractivity contribution in [3.8, 4) is 0 Å². The lowest BCUT2D eigenvalue weighted by Crippen LogP contribution is -2.06. The molecule has 0 aliphatic heterocycles. The van der Waals surface area contributed by atoms with Crippen LogP contribution < -0.4 is 0 Å². The molecule has 18 heavy (non-hydrogen) atoms. The molecule has 2 rings (SSSR count). The van der Waals surface area contributed by atoms with Gasteiger partial charge in [0.2, 0.25) is 0 Å². The largest absolute Gasteiger partial charge is 0.300 e. The first-order valence-electron chi connectivity index (χ1n) is 6.23. The predicted molar refractivity (Wildman–Crippen MR) is 77.8 cm³/mol. The van der Waals surface area contributed by atoms with Crippen molar-refractivity contribution in [1.82, 2.24) is 0 Å². The van der Waals surface area contributed by atoms with Crippen molar-refractivity contribution in [2.75, 3.05) is 0 Å². The maximum absolute atomic E-state index is 8.39. The first-order valence-corrected chi connectivity index (χ1v) is 6.23. The summed E-state index contributed by atoms with van der Waals surface area (Å²) in [6.45, 7) is 8.30. The fourth-order valence-electron chi connectivity index (χ4n) is 2.33. The molecule has 0 aliphatic rings. The second-order valence-corrected chi connectivity index (χ2v) is 5.01. The first-order chi connectivity index (χ1) is 8.49. The summed E-state index contributed by atoms with van der Waals surface area (Å²) in [6.07, 6.45) is 0. The lowest BCUT2D eigenvalue weighted by atomic mass is 9.93. The summed E-state index contributed by atoms with van der Waals surface area (Å²) in [5, 5.41) is 8.39. The standard InChI is InChI=1S/C17H19N/c1-11-5-7-15(13(3)9-11)17(18)16-8-6-12(2)10-14(16)4/h5-10,18H,1-4H3. The predicted octanol–water partition coefficient (Wildman–Crippen LogP) is 4.34. The van der Waals surface area contributed by atoms with Crippen LogP contribution in [0.3, 0.4) is 0 Å². The molecule has 0 saturated carbocycles. The van der Waals surface area contributed by atoms with Crippen LogP contribution in [0.5, 0.6) is 0 Å². The molecule has 1 heteroatoms. The summed E-state index contributed by atoms with van der Waals surface area (Å²) >= 11 is 0. The molecule has 0 bridgehead atoms. The Balaban J connectivity index is 2.48. The van der Waals surface area contributed by atoms with Gasteiger partial charge in [-0.3, -0.25) is 5.41 Å². The minimum absolute atomic E-state index is 0.616. The molecule has 0 atom stereocenters. The third-order valence-corrected chi connectivity index (χ3v) is 3.30. The van der Waals surface area contributed by atoms with Gasteiger partial charge in [0.05, 0.1) is 5.71 Å². The van der Waals surface area contributed by atoms with Crippen LogP contribution in [0.2, 0.25) is 0 Å². The smallest absolute Gasteiger partial charge is 0.0689 e. The second-order valence-electron chi connectivity index (χ2n) is 5.01. The molecule has 0 unspecified atom stereocenters. The van der Waals surface area contributed by atoms with E-state index in [0.29, 0.717) is 5.71 Å². The third kappa shape index (κ3) is 2.35. The molecule has 0 amide bonds. The highest BCUT2D eigenvalue weighted by molar-refractivity contribution is 6.12. The van der Waals surface area contributed by atoms with Crippen LogP contribution in [0.25, 0.3) is 0 Å². The Kier molecular flexibility index (Phi) is 3.33. The molecule has 2 aromatic carbocycles. The van der Waals surface area contributed by atoms with Gasteiger partial charge in [0.25, 0.3) is 0 Å². The van der Waals surface area contributed by atoms with Crippen molar-refractivity contribution in [2.24, 2.45) is 0 Å². The van der Waals surface area contributed by atoms with Gasteiger partial charge in [-0.15, -0.1) is 0 Å². The summed E-state index contributed by atoms with van der Waals surface area (Å²) in [5.74, 6) is 0. The summed E-state index contributed by atoms with van der Waals surface area (Å²) < 4.78 is 0. The maximum Gasteiger partial charge on any atom is 0.0689 e. The number of hydrogen-bond donors (Lipinski definition) is 1. The summed E-state index contributed by atoms with van der Waals surface area (Å²) in [5.41, 5.74) is 7.47. The average Bonchev–Trinajstić information content (AvgIpc) is 2.28. The van der Waals surface area contributed by atoms with Crippen LogP contribution in [0, 0.1) is 33.1 Å². The molecule has 0 heterocycles. The van der Waals surface area contributed by atoms with E-state index in [1.165, 1.54) is 22.3 Å². The van der Waals surface area contributed by atoms with Gasteiger partial charge < -0.3 is 0 Å². The lowest BCUT2D eigenvalue weighted by Gasteiger charge is -2.11. The minimum atomic E-state index is 0.616. The van der Waals surface area contributed by atoms with Gasteiger partial charge in [0.1, 0.15) is 0 Å². The molecule has 0 spiro atoms. The zero-order chi connectivity index (χ0) is 13.3. The Morgan fingerprint density at radius 3 is 1.44 bits per heavy atom. The van der Waals surface area contributed by atoms with Gasteiger partial charge in [0, 0.05) is 11.1 Å². The molecule has 0 radical (unpaired) electrons. The molecular formula is C17H19N. The minimum Gasteiger partial charge on any atom is -0.300 e. The second kappa shape index (κ2) is 4.77. The van der Waals surface area contributed by atoms with E-state index in [2.05, 4.69) is 52.0 Å².